The van der Waals surface area contributed by atoms with Crippen LogP contribution in [0.15, 0.2) is 18.2 Å². The second kappa shape index (κ2) is 4.01. The summed E-state index contributed by atoms with van der Waals surface area (Å²) in [4.78, 5) is 35.2. The van der Waals surface area contributed by atoms with Crippen LogP contribution >= 0.6 is 0 Å². The molecule has 1 aromatic carbocycles. The van der Waals surface area contributed by atoms with Crippen LogP contribution in [-0.4, -0.2) is 17.8 Å². The normalized spacial score (nSPS) is 16.1. The molecule has 1 aliphatic heterocycles. The minimum Gasteiger partial charge on any atom is -0.277 e. The van der Waals surface area contributed by atoms with E-state index in [0.29, 0.717) is 5.69 Å². The smallest absolute Gasteiger partial charge is 0.277 e. The van der Waals surface area contributed by atoms with Gasteiger partial charge in [0.25, 0.3) is 0 Å². The van der Waals surface area contributed by atoms with E-state index in [1.807, 2.05) is 19.9 Å². The lowest BCUT2D eigenvalue weighted by Crippen LogP contribution is -2.52. The molecular weight excluding hydrogens is 220 g/mol. The number of hydrogen-bond acceptors (Lipinski definition) is 3. The predicted octanol–water partition coefficient (Wildman–Crippen LogP) is 1.28. The van der Waals surface area contributed by atoms with Gasteiger partial charge in [-0.25, -0.2) is 9.69 Å². The lowest BCUT2D eigenvalue weighted by Gasteiger charge is -2.25. The Kier molecular flexibility index (Phi) is 2.67. The largest absolute Gasteiger partial charge is 0.335 e. The predicted molar refractivity (Wildman–Crippen MR) is 61.6 cm³/mol. The van der Waals surface area contributed by atoms with E-state index in [9.17, 15) is 14.4 Å². The van der Waals surface area contributed by atoms with Crippen LogP contribution in [0.4, 0.5) is 10.5 Å². The Hall–Kier alpha value is -2.17. The summed E-state index contributed by atoms with van der Waals surface area (Å²) in [6.07, 6.45) is -0.293. The van der Waals surface area contributed by atoms with Crippen molar-refractivity contribution in [1.82, 2.24) is 5.32 Å². The van der Waals surface area contributed by atoms with Gasteiger partial charge in [-0.05, 0) is 37.1 Å². The van der Waals surface area contributed by atoms with E-state index in [1.165, 1.54) is 0 Å². The van der Waals surface area contributed by atoms with Crippen molar-refractivity contribution in [3.05, 3.63) is 29.3 Å². The number of carbonyl (C=O) groups is 3. The van der Waals surface area contributed by atoms with Gasteiger partial charge in [-0.1, -0.05) is 6.07 Å². The molecule has 1 heterocycles. The topological polar surface area (TPSA) is 66.5 Å². The maximum atomic E-state index is 11.7. The summed E-state index contributed by atoms with van der Waals surface area (Å²) in [6.45, 7) is 3.84. The van der Waals surface area contributed by atoms with Gasteiger partial charge in [-0.15, -0.1) is 0 Å². The average molecular weight is 232 g/mol. The summed E-state index contributed by atoms with van der Waals surface area (Å²) in [5, 5.41) is 2.12. The number of imide groups is 2. The van der Waals surface area contributed by atoms with Crippen molar-refractivity contribution in [1.29, 1.82) is 0 Å². The van der Waals surface area contributed by atoms with Crippen LogP contribution < -0.4 is 10.2 Å². The third-order valence-electron chi connectivity index (χ3n) is 2.76. The van der Waals surface area contributed by atoms with Crippen molar-refractivity contribution in [2.45, 2.75) is 20.3 Å². The fraction of sp³-hybridized carbons (Fsp3) is 0.250. The minimum atomic E-state index is -0.686. The Balaban J connectivity index is 2.38. The number of hydrogen-bond donors (Lipinski definition) is 1. The number of barbiturate groups is 1. The van der Waals surface area contributed by atoms with Crippen LogP contribution in [0.1, 0.15) is 17.5 Å². The van der Waals surface area contributed by atoms with Gasteiger partial charge in [0.15, 0.2) is 0 Å². The van der Waals surface area contributed by atoms with E-state index in [-0.39, 0.29) is 6.42 Å². The van der Waals surface area contributed by atoms with Gasteiger partial charge in [0.1, 0.15) is 6.42 Å². The number of benzene rings is 1. The van der Waals surface area contributed by atoms with E-state index in [1.54, 1.807) is 12.1 Å². The highest BCUT2D eigenvalue weighted by Gasteiger charge is 2.31. The number of nitrogens with one attached hydrogen (secondary N) is 1. The number of anilines is 1. The van der Waals surface area contributed by atoms with Crippen molar-refractivity contribution in [3.8, 4) is 0 Å². The highest BCUT2D eigenvalue weighted by Crippen LogP contribution is 2.21. The Morgan fingerprint density at radius 1 is 1.12 bits per heavy atom. The molecule has 0 aromatic heterocycles. The number of rotatable bonds is 1. The standard InChI is InChI=1S/C12H12N2O3/c1-7-3-4-9(5-8(7)2)14-11(16)6-10(15)13-12(14)17/h3-5H,6H2,1-2H3,(H,13,15,17). The van der Waals surface area contributed by atoms with E-state index in [0.717, 1.165) is 16.0 Å². The molecule has 1 fully saturated rings. The van der Waals surface area contributed by atoms with Gasteiger partial charge in [-0.2, -0.15) is 0 Å². The van der Waals surface area contributed by atoms with Crippen LogP contribution in [0.3, 0.4) is 0 Å². The molecular formula is C12H12N2O3. The van der Waals surface area contributed by atoms with Gasteiger partial charge in [0.05, 0.1) is 5.69 Å². The Labute approximate surface area is 98.4 Å². The summed E-state index contributed by atoms with van der Waals surface area (Å²) in [7, 11) is 0. The summed E-state index contributed by atoms with van der Waals surface area (Å²) in [5.41, 5.74) is 2.55. The van der Waals surface area contributed by atoms with Crippen molar-refractivity contribution in [3.63, 3.8) is 0 Å². The Morgan fingerprint density at radius 2 is 1.82 bits per heavy atom. The molecule has 1 N–H and O–H groups in total. The van der Waals surface area contributed by atoms with Crippen LogP contribution in [0, 0.1) is 13.8 Å². The number of amides is 4. The lowest BCUT2D eigenvalue weighted by atomic mass is 10.1. The third-order valence-corrected chi connectivity index (χ3v) is 2.76. The molecule has 5 nitrogen and oxygen atoms in total. The van der Waals surface area contributed by atoms with Crippen molar-refractivity contribution in [2.24, 2.45) is 0 Å². The van der Waals surface area contributed by atoms with Crippen LogP contribution in [-0.2, 0) is 9.59 Å². The Bertz CT molecular complexity index is 502. The second-order valence-corrected chi connectivity index (χ2v) is 4.03. The van der Waals surface area contributed by atoms with Gasteiger partial charge >= 0.3 is 6.03 Å². The molecule has 2 rings (SSSR count). The minimum absolute atomic E-state index is 0.293. The molecule has 1 aromatic rings. The first-order chi connectivity index (χ1) is 7.99. The maximum absolute atomic E-state index is 11.7. The molecule has 1 saturated heterocycles. The highest BCUT2D eigenvalue weighted by molar-refractivity contribution is 6.26. The molecule has 1 aliphatic rings. The van der Waals surface area contributed by atoms with E-state index < -0.39 is 17.8 Å². The van der Waals surface area contributed by atoms with Gasteiger partial charge in [-0.3, -0.25) is 14.9 Å². The number of carbonyl (C=O) groups excluding carboxylic acids is 3. The third kappa shape index (κ3) is 2.04. The van der Waals surface area contributed by atoms with Crippen molar-refractivity contribution in [2.75, 3.05) is 4.90 Å². The highest BCUT2D eigenvalue weighted by atomic mass is 16.2. The van der Waals surface area contributed by atoms with Crippen LogP contribution in [0.25, 0.3) is 0 Å². The SMILES string of the molecule is Cc1ccc(N2C(=O)CC(=O)NC2=O)cc1C. The number of aryl methyl sites for hydroxylation is 2. The molecule has 88 valence electrons. The fourth-order valence-corrected chi connectivity index (χ4v) is 1.67. The summed E-state index contributed by atoms with van der Waals surface area (Å²) >= 11 is 0. The molecule has 17 heavy (non-hydrogen) atoms. The second-order valence-electron chi connectivity index (χ2n) is 4.03. The molecule has 0 radical (unpaired) electrons. The maximum Gasteiger partial charge on any atom is 0.335 e. The molecule has 0 unspecified atom stereocenters. The fourth-order valence-electron chi connectivity index (χ4n) is 1.67. The molecule has 0 aliphatic carbocycles. The van der Waals surface area contributed by atoms with E-state index in [2.05, 4.69) is 5.32 Å². The van der Waals surface area contributed by atoms with Gasteiger partial charge < -0.3 is 0 Å². The summed E-state index contributed by atoms with van der Waals surface area (Å²) in [6, 6.07) is 4.59. The number of urea groups is 1. The molecule has 0 spiro atoms. The summed E-state index contributed by atoms with van der Waals surface area (Å²) < 4.78 is 0. The molecule has 5 heteroatoms. The zero-order valence-electron chi connectivity index (χ0n) is 9.61. The first-order valence-corrected chi connectivity index (χ1v) is 5.23. The Morgan fingerprint density at radius 3 is 2.41 bits per heavy atom. The van der Waals surface area contributed by atoms with E-state index in [4.69, 9.17) is 0 Å². The lowest BCUT2D eigenvalue weighted by molar-refractivity contribution is -0.128. The van der Waals surface area contributed by atoms with Crippen molar-refractivity contribution >= 4 is 23.5 Å². The van der Waals surface area contributed by atoms with Gasteiger partial charge in [0.2, 0.25) is 11.8 Å². The van der Waals surface area contributed by atoms with E-state index >= 15 is 0 Å². The zero-order chi connectivity index (χ0) is 12.6. The average Bonchev–Trinajstić information content (AvgIpc) is 2.21. The zero-order valence-corrected chi connectivity index (χ0v) is 9.61. The molecule has 0 bridgehead atoms. The molecule has 0 atom stereocenters. The quantitative estimate of drug-likeness (QED) is 0.741. The molecule has 4 amide bonds. The van der Waals surface area contributed by atoms with Crippen molar-refractivity contribution < 1.29 is 14.4 Å². The van der Waals surface area contributed by atoms with Gasteiger partial charge in [0, 0.05) is 0 Å². The van der Waals surface area contributed by atoms with Crippen LogP contribution in [0.2, 0.25) is 0 Å². The first kappa shape index (κ1) is 11.3. The first-order valence-electron chi connectivity index (χ1n) is 5.23. The monoisotopic (exact) mass is 232 g/mol. The number of nitrogens with zero attached hydrogens (tertiary/aromatic N) is 1. The molecule has 0 saturated carbocycles. The summed E-state index contributed by atoms with van der Waals surface area (Å²) in [5.74, 6) is -1.05. The van der Waals surface area contributed by atoms with Crippen LogP contribution in [0.5, 0.6) is 0 Å².